The first kappa shape index (κ1) is 12.8. The number of nitrogens with one attached hydrogen (secondary N) is 3. The van der Waals surface area contributed by atoms with Gasteiger partial charge in [0.25, 0.3) is 0 Å². The fourth-order valence-electron chi connectivity index (χ4n) is 1.53. The van der Waals surface area contributed by atoms with Gasteiger partial charge in [-0.3, -0.25) is 15.2 Å². The van der Waals surface area contributed by atoms with E-state index in [-0.39, 0.29) is 11.9 Å². The molecular weight excluding hydrogens is 206 g/mol. The summed E-state index contributed by atoms with van der Waals surface area (Å²) in [6.45, 7) is 3.52. The summed E-state index contributed by atoms with van der Waals surface area (Å²) >= 11 is 0. The van der Waals surface area contributed by atoms with Gasteiger partial charge in [0.2, 0.25) is 11.9 Å². The lowest BCUT2D eigenvalue weighted by atomic mass is 10.1. The summed E-state index contributed by atoms with van der Waals surface area (Å²) in [4.78, 5) is 15.3. The van der Waals surface area contributed by atoms with Gasteiger partial charge >= 0.3 is 0 Å². The molecule has 5 N–H and O–H groups in total. The maximum absolute atomic E-state index is 11.0. The van der Waals surface area contributed by atoms with Crippen molar-refractivity contribution in [2.75, 3.05) is 13.1 Å². The summed E-state index contributed by atoms with van der Waals surface area (Å²) < 4.78 is 0. The Morgan fingerprint density at radius 3 is 3.06 bits per heavy atom. The van der Waals surface area contributed by atoms with Crippen LogP contribution in [-0.4, -0.2) is 31.0 Å². The molecule has 0 aromatic heterocycles. The Morgan fingerprint density at radius 2 is 2.50 bits per heavy atom. The minimum Gasteiger partial charge on any atom is -0.354 e. The highest BCUT2D eigenvalue weighted by atomic mass is 16.1. The van der Waals surface area contributed by atoms with Gasteiger partial charge in [-0.15, -0.1) is 0 Å². The van der Waals surface area contributed by atoms with E-state index in [4.69, 9.17) is 5.84 Å². The lowest BCUT2D eigenvalue weighted by Gasteiger charge is -2.24. The van der Waals surface area contributed by atoms with E-state index in [0.29, 0.717) is 18.9 Å². The summed E-state index contributed by atoms with van der Waals surface area (Å²) in [5.41, 5.74) is 2.55. The van der Waals surface area contributed by atoms with Crippen LogP contribution in [0.4, 0.5) is 0 Å². The van der Waals surface area contributed by atoms with Crippen LogP contribution in [0.2, 0.25) is 0 Å². The number of carbonyl (C=O) groups is 1. The number of hydrogen-bond donors (Lipinski definition) is 4. The molecule has 6 heteroatoms. The van der Waals surface area contributed by atoms with Gasteiger partial charge in [0.1, 0.15) is 0 Å². The van der Waals surface area contributed by atoms with Crippen molar-refractivity contribution in [3.63, 3.8) is 0 Å². The first-order valence-corrected chi connectivity index (χ1v) is 5.80. The Balaban J connectivity index is 2.32. The summed E-state index contributed by atoms with van der Waals surface area (Å²) in [5, 5.41) is 5.99. The van der Waals surface area contributed by atoms with Crippen LogP contribution >= 0.6 is 0 Å². The average Bonchev–Trinajstić information content (AvgIpc) is 2.31. The molecule has 1 aliphatic heterocycles. The van der Waals surface area contributed by atoms with E-state index >= 15 is 0 Å². The quantitative estimate of drug-likeness (QED) is 0.171. The number of carbonyl (C=O) groups excluding carboxylic acids is 1. The highest BCUT2D eigenvalue weighted by Gasteiger charge is 2.18. The maximum atomic E-state index is 11.0. The molecule has 1 heterocycles. The Kier molecular flexibility index (Phi) is 5.63. The molecule has 0 spiro atoms. The van der Waals surface area contributed by atoms with Gasteiger partial charge in [0.15, 0.2) is 0 Å². The first-order valence-electron chi connectivity index (χ1n) is 5.80. The largest absolute Gasteiger partial charge is 0.354 e. The molecule has 0 aromatic rings. The van der Waals surface area contributed by atoms with Crippen LogP contribution in [0.3, 0.4) is 0 Å². The van der Waals surface area contributed by atoms with Crippen LogP contribution in [0.5, 0.6) is 0 Å². The van der Waals surface area contributed by atoms with Gasteiger partial charge in [-0.1, -0.05) is 13.3 Å². The molecule has 0 radical (unpaired) electrons. The fourth-order valence-corrected chi connectivity index (χ4v) is 1.53. The maximum Gasteiger partial charge on any atom is 0.220 e. The number of piperidine rings is 1. The van der Waals surface area contributed by atoms with E-state index in [1.54, 1.807) is 0 Å². The van der Waals surface area contributed by atoms with Crippen LogP contribution in [-0.2, 0) is 4.79 Å². The topological polar surface area (TPSA) is 91.5 Å². The Bertz CT molecular complexity index is 244. The minimum atomic E-state index is 0.114. The number of nitrogens with zero attached hydrogens (tertiary/aromatic N) is 1. The highest BCUT2D eigenvalue weighted by Crippen LogP contribution is 2.02. The molecular formula is C10H21N5O. The second-order valence-corrected chi connectivity index (χ2v) is 3.91. The number of amides is 1. The summed E-state index contributed by atoms with van der Waals surface area (Å²) in [5.74, 6) is 6.09. The number of hydrogen-bond acceptors (Lipinski definition) is 3. The zero-order valence-corrected chi connectivity index (χ0v) is 9.75. The van der Waals surface area contributed by atoms with Crippen molar-refractivity contribution >= 4 is 11.9 Å². The summed E-state index contributed by atoms with van der Waals surface area (Å²) in [6.07, 6.45) is 3.54. The summed E-state index contributed by atoms with van der Waals surface area (Å²) in [6, 6.07) is 0.217. The highest BCUT2D eigenvalue weighted by molar-refractivity contribution is 5.80. The lowest BCUT2D eigenvalue weighted by molar-refractivity contribution is -0.122. The van der Waals surface area contributed by atoms with E-state index in [1.165, 1.54) is 0 Å². The third-order valence-corrected chi connectivity index (χ3v) is 2.52. The number of unbranched alkanes of at least 4 members (excludes halogenated alkanes) is 1. The van der Waals surface area contributed by atoms with Crippen LogP contribution < -0.4 is 21.9 Å². The Morgan fingerprint density at radius 1 is 1.69 bits per heavy atom. The van der Waals surface area contributed by atoms with Gasteiger partial charge in [0, 0.05) is 25.6 Å². The number of rotatable bonds is 4. The third-order valence-electron chi connectivity index (χ3n) is 2.52. The second-order valence-electron chi connectivity index (χ2n) is 3.91. The molecule has 1 atom stereocenters. The van der Waals surface area contributed by atoms with Gasteiger partial charge in [-0.25, -0.2) is 5.84 Å². The van der Waals surface area contributed by atoms with Gasteiger partial charge < -0.3 is 10.6 Å². The van der Waals surface area contributed by atoms with E-state index in [9.17, 15) is 4.79 Å². The number of nitrogens with two attached hydrogens (primary N) is 1. The molecule has 0 aromatic carbocycles. The molecule has 1 fully saturated rings. The van der Waals surface area contributed by atoms with E-state index in [0.717, 1.165) is 25.8 Å². The number of aliphatic imine (C=N–C) groups is 1. The Hall–Kier alpha value is -1.30. The molecule has 1 saturated heterocycles. The van der Waals surface area contributed by atoms with Gasteiger partial charge in [-0.2, -0.15) is 0 Å². The SMILES string of the molecule is CCCCN=C(NN)NC1CCC(=O)NC1. The number of hydrazine groups is 1. The standard InChI is InChI=1S/C10H21N5O/c1-2-3-6-12-10(15-11)14-8-4-5-9(16)13-7-8/h8H,2-7,11H2,1H3,(H,13,16)(H2,12,14,15). The van der Waals surface area contributed by atoms with Gasteiger partial charge in [0.05, 0.1) is 0 Å². The monoisotopic (exact) mass is 227 g/mol. The van der Waals surface area contributed by atoms with Crippen LogP contribution in [0.15, 0.2) is 4.99 Å². The average molecular weight is 227 g/mol. The third kappa shape index (κ3) is 4.48. The molecule has 6 nitrogen and oxygen atoms in total. The van der Waals surface area contributed by atoms with Crippen molar-refractivity contribution in [1.82, 2.24) is 16.1 Å². The molecule has 0 bridgehead atoms. The van der Waals surface area contributed by atoms with Crippen molar-refractivity contribution in [3.05, 3.63) is 0 Å². The van der Waals surface area contributed by atoms with Crippen molar-refractivity contribution < 1.29 is 4.79 Å². The van der Waals surface area contributed by atoms with Crippen molar-refractivity contribution in [2.45, 2.75) is 38.6 Å². The lowest BCUT2D eigenvalue weighted by Crippen LogP contribution is -2.52. The fraction of sp³-hybridized carbons (Fsp3) is 0.800. The van der Waals surface area contributed by atoms with Gasteiger partial charge in [-0.05, 0) is 12.8 Å². The smallest absolute Gasteiger partial charge is 0.220 e. The zero-order chi connectivity index (χ0) is 11.8. The number of guanidine groups is 1. The van der Waals surface area contributed by atoms with Crippen molar-refractivity contribution in [1.29, 1.82) is 0 Å². The predicted octanol–water partition coefficient (Wildman–Crippen LogP) is -0.526. The Labute approximate surface area is 96.0 Å². The molecule has 1 rings (SSSR count). The summed E-state index contributed by atoms with van der Waals surface area (Å²) in [7, 11) is 0. The van der Waals surface area contributed by atoms with Crippen LogP contribution in [0.1, 0.15) is 32.6 Å². The second kappa shape index (κ2) is 7.05. The molecule has 92 valence electrons. The van der Waals surface area contributed by atoms with Crippen LogP contribution in [0.25, 0.3) is 0 Å². The van der Waals surface area contributed by atoms with E-state index in [1.807, 2.05) is 0 Å². The molecule has 0 aliphatic carbocycles. The molecule has 1 amide bonds. The minimum absolute atomic E-state index is 0.114. The zero-order valence-electron chi connectivity index (χ0n) is 9.75. The van der Waals surface area contributed by atoms with Crippen molar-refractivity contribution in [2.24, 2.45) is 10.8 Å². The van der Waals surface area contributed by atoms with Crippen molar-refractivity contribution in [3.8, 4) is 0 Å². The normalized spacial score (nSPS) is 21.5. The van der Waals surface area contributed by atoms with E-state index < -0.39 is 0 Å². The first-order chi connectivity index (χ1) is 7.76. The molecule has 16 heavy (non-hydrogen) atoms. The van der Waals surface area contributed by atoms with E-state index in [2.05, 4.69) is 28.0 Å². The molecule has 0 saturated carbocycles. The predicted molar refractivity (Wildman–Crippen MR) is 63.7 cm³/mol. The molecule has 1 unspecified atom stereocenters. The molecule has 1 aliphatic rings. The van der Waals surface area contributed by atoms with Crippen LogP contribution in [0, 0.1) is 0 Å².